The van der Waals surface area contributed by atoms with Crippen molar-refractivity contribution in [3.63, 3.8) is 0 Å². The molecular formula is C55H36N4O. The Hall–Kier alpha value is -7.76. The number of benzene rings is 7. The van der Waals surface area contributed by atoms with Crippen LogP contribution in [0, 0.1) is 0 Å². The maximum atomic E-state index is 7.12. The first kappa shape index (κ1) is 34.3. The number of nitrogens with zero attached hydrogens (tertiary/aromatic N) is 4. The molecule has 9 aromatic rings. The summed E-state index contributed by atoms with van der Waals surface area (Å²) in [5, 5.41) is 1.14. The van der Waals surface area contributed by atoms with Gasteiger partial charge in [-0.05, 0) is 87.2 Å². The van der Waals surface area contributed by atoms with E-state index in [1.54, 1.807) is 0 Å². The molecule has 282 valence electrons. The van der Waals surface area contributed by atoms with Crippen LogP contribution in [0.1, 0.15) is 40.9 Å². The number of fused-ring (bicyclic) bond motifs is 10. The van der Waals surface area contributed by atoms with Gasteiger partial charge in [0.25, 0.3) is 0 Å². The summed E-state index contributed by atoms with van der Waals surface area (Å²) in [5.74, 6) is 3.58. The summed E-state index contributed by atoms with van der Waals surface area (Å²) in [5.41, 5.74) is 15.0. The van der Waals surface area contributed by atoms with Crippen LogP contribution in [0.4, 0.5) is 0 Å². The second-order valence-electron chi connectivity index (χ2n) is 15.6. The van der Waals surface area contributed by atoms with Crippen molar-refractivity contribution in [2.75, 3.05) is 0 Å². The lowest BCUT2D eigenvalue weighted by atomic mass is 9.66. The Labute approximate surface area is 348 Å². The molecule has 2 aliphatic carbocycles. The van der Waals surface area contributed by atoms with Crippen molar-refractivity contribution in [1.82, 2.24) is 19.9 Å². The highest BCUT2D eigenvalue weighted by Gasteiger charge is 2.51. The van der Waals surface area contributed by atoms with Gasteiger partial charge >= 0.3 is 0 Å². The molecule has 1 aliphatic heterocycles. The third-order valence-electron chi connectivity index (χ3n) is 12.3. The molecule has 0 amide bonds. The Morgan fingerprint density at radius 3 is 1.80 bits per heavy atom. The fourth-order valence-electron chi connectivity index (χ4n) is 9.58. The molecule has 60 heavy (non-hydrogen) atoms. The first-order valence-corrected chi connectivity index (χ1v) is 20.5. The molecule has 5 nitrogen and oxygen atoms in total. The van der Waals surface area contributed by atoms with E-state index in [4.69, 9.17) is 19.7 Å². The first-order valence-electron chi connectivity index (χ1n) is 20.5. The fourth-order valence-corrected chi connectivity index (χ4v) is 9.58. The number of hydrogen-bond donors (Lipinski definition) is 0. The van der Waals surface area contributed by atoms with Crippen LogP contribution >= 0.6 is 0 Å². The van der Waals surface area contributed by atoms with Gasteiger partial charge in [-0.1, -0.05) is 164 Å². The zero-order chi connectivity index (χ0) is 39.6. The lowest BCUT2D eigenvalue weighted by Crippen LogP contribution is -2.32. The molecule has 2 aromatic heterocycles. The van der Waals surface area contributed by atoms with E-state index in [1.165, 1.54) is 27.8 Å². The Bertz CT molecular complexity index is 3190. The van der Waals surface area contributed by atoms with Gasteiger partial charge in [0.05, 0.1) is 10.9 Å². The summed E-state index contributed by atoms with van der Waals surface area (Å²) < 4.78 is 7.12. The maximum Gasteiger partial charge on any atom is 0.164 e. The van der Waals surface area contributed by atoms with Crippen molar-refractivity contribution in [3.05, 3.63) is 222 Å². The van der Waals surface area contributed by atoms with Crippen molar-refractivity contribution >= 4 is 16.5 Å². The SMILES string of the molecule is C1=CCCC(c2nc(-c3ccccc3)nc(-c3ccc4c(c3)Oc3cc(-c5ccc(-c6cccc7ncccc67)cc5)ccc3C43c4ccccc4-c4ccccc43)n2)=C1. The van der Waals surface area contributed by atoms with Crippen molar-refractivity contribution in [2.24, 2.45) is 0 Å². The second kappa shape index (κ2) is 13.7. The molecule has 0 N–H and O–H groups in total. The molecule has 3 aliphatic rings. The van der Waals surface area contributed by atoms with Gasteiger partial charge in [0.15, 0.2) is 17.5 Å². The third kappa shape index (κ3) is 5.33. The predicted octanol–water partition coefficient (Wildman–Crippen LogP) is 13.3. The average molecular weight is 769 g/mol. The molecular weight excluding hydrogens is 733 g/mol. The van der Waals surface area contributed by atoms with Crippen LogP contribution in [0.2, 0.25) is 0 Å². The number of aromatic nitrogens is 4. The van der Waals surface area contributed by atoms with E-state index in [0.717, 1.165) is 79.8 Å². The number of rotatable bonds is 5. The van der Waals surface area contributed by atoms with Crippen molar-refractivity contribution in [1.29, 1.82) is 0 Å². The summed E-state index contributed by atoms with van der Waals surface area (Å²) in [7, 11) is 0. The van der Waals surface area contributed by atoms with Gasteiger partial charge in [0, 0.05) is 33.8 Å². The second-order valence-corrected chi connectivity index (χ2v) is 15.6. The van der Waals surface area contributed by atoms with Crippen LogP contribution in [0.25, 0.3) is 72.6 Å². The third-order valence-corrected chi connectivity index (χ3v) is 12.3. The van der Waals surface area contributed by atoms with Crippen LogP contribution < -0.4 is 4.74 Å². The zero-order valence-electron chi connectivity index (χ0n) is 32.6. The smallest absolute Gasteiger partial charge is 0.164 e. The highest BCUT2D eigenvalue weighted by molar-refractivity contribution is 5.95. The minimum atomic E-state index is -0.599. The molecule has 0 atom stereocenters. The van der Waals surface area contributed by atoms with Gasteiger partial charge in [-0.3, -0.25) is 4.98 Å². The predicted molar refractivity (Wildman–Crippen MR) is 241 cm³/mol. The summed E-state index contributed by atoms with van der Waals surface area (Å²) in [6, 6.07) is 60.3. The summed E-state index contributed by atoms with van der Waals surface area (Å²) in [6.07, 6.45) is 10.1. The van der Waals surface area contributed by atoms with Gasteiger partial charge in [0.2, 0.25) is 0 Å². The quantitative estimate of drug-likeness (QED) is 0.174. The topological polar surface area (TPSA) is 60.8 Å². The number of allylic oxidation sites excluding steroid dienone is 4. The lowest BCUT2D eigenvalue weighted by molar-refractivity contribution is 0.437. The minimum Gasteiger partial charge on any atom is -0.457 e. The van der Waals surface area contributed by atoms with Crippen LogP contribution in [0.3, 0.4) is 0 Å². The van der Waals surface area contributed by atoms with E-state index in [2.05, 4.69) is 169 Å². The molecule has 0 saturated heterocycles. The van der Waals surface area contributed by atoms with Crippen molar-refractivity contribution in [3.8, 4) is 67.7 Å². The lowest BCUT2D eigenvalue weighted by Gasteiger charge is -2.39. The van der Waals surface area contributed by atoms with Crippen molar-refractivity contribution in [2.45, 2.75) is 18.3 Å². The number of ether oxygens (including phenoxy) is 1. The van der Waals surface area contributed by atoms with Gasteiger partial charge in [0.1, 0.15) is 11.5 Å². The van der Waals surface area contributed by atoms with Crippen molar-refractivity contribution < 1.29 is 4.74 Å². The molecule has 0 bridgehead atoms. The Balaban J connectivity index is 1.02. The molecule has 0 unspecified atom stereocenters. The van der Waals surface area contributed by atoms with E-state index < -0.39 is 5.41 Å². The molecule has 0 saturated carbocycles. The standard InChI is InChI=1S/C55H36N4O/c1-3-13-37(14-4-1)52-57-53(38-15-5-2-6-16-38)59-54(58-52)40-29-31-48-51(34-40)60-50-33-39(35-24-26-36(27-25-35)41-19-11-23-49-44(41)20-12-32-56-49)28-30-47(50)55(48)45-21-9-7-17-42(45)43-18-8-10-22-46(43)55/h1-5,7-15,17-34H,6,16H2. The van der Waals surface area contributed by atoms with Gasteiger partial charge in [-0.25, -0.2) is 15.0 Å². The van der Waals surface area contributed by atoms with Gasteiger partial charge in [-0.2, -0.15) is 0 Å². The molecule has 1 spiro atoms. The average Bonchev–Trinajstić information content (AvgIpc) is 3.62. The maximum absolute atomic E-state index is 7.12. The largest absolute Gasteiger partial charge is 0.457 e. The zero-order valence-corrected chi connectivity index (χ0v) is 32.6. The summed E-state index contributed by atoms with van der Waals surface area (Å²) in [6.45, 7) is 0. The molecule has 7 aromatic carbocycles. The Morgan fingerprint density at radius 2 is 1.07 bits per heavy atom. The number of pyridine rings is 1. The summed E-state index contributed by atoms with van der Waals surface area (Å²) >= 11 is 0. The highest BCUT2D eigenvalue weighted by Crippen LogP contribution is 2.62. The van der Waals surface area contributed by atoms with E-state index in [1.807, 2.05) is 30.5 Å². The van der Waals surface area contributed by atoms with Gasteiger partial charge < -0.3 is 4.74 Å². The van der Waals surface area contributed by atoms with Gasteiger partial charge in [-0.15, -0.1) is 0 Å². The number of hydrogen-bond acceptors (Lipinski definition) is 5. The van der Waals surface area contributed by atoms with Crippen LogP contribution in [0.5, 0.6) is 11.5 Å². The minimum absolute atomic E-state index is 0.599. The fraction of sp³-hybridized carbons (Fsp3) is 0.0545. The van der Waals surface area contributed by atoms with Crippen LogP contribution in [-0.4, -0.2) is 19.9 Å². The molecule has 12 rings (SSSR count). The first-order chi connectivity index (χ1) is 29.7. The molecule has 0 radical (unpaired) electrons. The van der Waals surface area contributed by atoms with E-state index >= 15 is 0 Å². The van der Waals surface area contributed by atoms with Crippen LogP contribution in [0.15, 0.2) is 194 Å². The Kier molecular flexibility index (Phi) is 7.82. The monoisotopic (exact) mass is 768 g/mol. The van der Waals surface area contributed by atoms with E-state index in [9.17, 15) is 0 Å². The van der Waals surface area contributed by atoms with Crippen LogP contribution in [-0.2, 0) is 5.41 Å². The Morgan fingerprint density at radius 1 is 0.450 bits per heavy atom. The summed E-state index contributed by atoms with van der Waals surface area (Å²) in [4.78, 5) is 19.8. The molecule has 5 heteroatoms. The highest BCUT2D eigenvalue weighted by atomic mass is 16.5. The molecule has 3 heterocycles. The molecule has 0 fully saturated rings. The van der Waals surface area contributed by atoms with E-state index in [0.29, 0.717) is 17.5 Å². The van der Waals surface area contributed by atoms with E-state index in [-0.39, 0.29) is 0 Å². The normalized spacial score (nSPS) is 14.2.